The van der Waals surface area contributed by atoms with Crippen LogP contribution in [-0.4, -0.2) is 9.97 Å². The van der Waals surface area contributed by atoms with Crippen molar-refractivity contribution in [1.82, 2.24) is 9.97 Å². The number of halogens is 2. The lowest BCUT2D eigenvalue weighted by molar-refractivity contribution is 0.648. The van der Waals surface area contributed by atoms with Gasteiger partial charge in [-0.25, -0.2) is 9.97 Å². The summed E-state index contributed by atoms with van der Waals surface area (Å²) >= 11 is 10.6. The highest BCUT2D eigenvalue weighted by atomic mass is 79.9. The molecule has 0 aromatic carbocycles. The number of aryl methyl sites for hydroxylation is 2. The highest BCUT2D eigenvalue weighted by molar-refractivity contribution is 9.11. The molecule has 0 unspecified atom stereocenters. The van der Waals surface area contributed by atoms with E-state index in [1.54, 1.807) is 22.7 Å². The maximum Gasteiger partial charge on any atom is 0.0849 e. The summed E-state index contributed by atoms with van der Waals surface area (Å²) in [6.45, 7) is 4.51. The van der Waals surface area contributed by atoms with E-state index in [1.807, 2.05) is 0 Å². The summed E-state index contributed by atoms with van der Waals surface area (Å²) in [4.78, 5) is 12.8. The molecule has 0 bridgehead atoms. The molecule has 0 N–H and O–H groups in total. The molecule has 0 radical (unpaired) electrons. The molecular formula is C28H34Br2N2S2. The summed E-state index contributed by atoms with van der Waals surface area (Å²) in [7, 11) is 0. The molecule has 3 rings (SSSR count). The van der Waals surface area contributed by atoms with Crippen molar-refractivity contribution in [2.24, 2.45) is 0 Å². The summed E-state index contributed by atoms with van der Waals surface area (Å²) in [5, 5.41) is 0. The number of rotatable bonds is 14. The molecule has 6 heteroatoms. The van der Waals surface area contributed by atoms with Gasteiger partial charge in [0.15, 0.2) is 0 Å². The van der Waals surface area contributed by atoms with Crippen LogP contribution in [0, 0.1) is 0 Å². The Morgan fingerprint density at radius 1 is 0.618 bits per heavy atom. The smallest absolute Gasteiger partial charge is 0.0849 e. The molecule has 0 aliphatic heterocycles. The molecule has 0 spiro atoms. The van der Waals surface area contributed by atoms with E-state index in [0.29, 0.717) is 0 Å². The molecule has 0 fully saturated rings. The Balaban J connectivity index is 1.92. The monoisotopic (exact) mass is 620 g/mol. The van der Waals surface area contributed by atoms with Crippen LogP contribution in [0.3, 0.4) is 0 Å². The Bertz CT molecular complexity index is 996. The fourth-order valence-corrected chi connectivity index (χ4v) is 6.42. The van der Waals surface area contributed by atoms with Crippen molar-refractivity contribution in [2.75, 3.05) is 0 Å². The minimum absolute atomic E-state index is 0.975. The first kappa shape index (κ1) is 27.5. The van der Waals surface area contributed by atoms with Crippen LogP contribution in [0.5, 0.6) is 0 Å². The number of nitrogens with zero attached hydrogens (tertiary/aromatic N) is 2. The molecule has 0 saturated carbocycles. The van der Waals surface area contributed by atoms with Crippen LogP contribution >= 0.6 is 54.5 Å². The summed E-state index contributed by atoms with van der Waals surface area (Å²) < 4.78 is 2.30. The molecule has 34 heavy (non-hydrogen) atoms. The lowest BCUT2D eigenvalue weighted by Gasteiger charge is -2.12. The highest BCUT2D eigenvalue weighted by Gasteiger charge is 2.12. The van der Waals surface area contributed by atoms with Gasteiger partial charge in [-0.15, -0.1) is 22.7 Å². The van der Waals surface area contributed by atoms with Crippen molar-refractivity contribution in [2.45, 2.75) is 78.1 Å². The molecule has 3 aromatic heterocycles. The van der Waals surface area contributed by atoms with Gasteiger partial charge in [0.25, 0.3) is 0 Å². The molecule has 3 heterocycles. The van der Waals surface area contributed by atoms with E-state index >= 15 is 0 Å². The van der Waals surface area contributed by atoms with E-state index in [2.05, 4.69) is 94.3 Å². The Morgan fingerprint density at radius 3 is 1.41 bits per heavy atom. The summed E-state index contributed by atoms with van der Waals surface area (Å²) in [5.41, 5.74) is 4.30. The van der Waals surface area contributed by atoms with Gasteiger partial charge in [-0.05, 0) is 106 Å². The lowest BCUT2D eigenvalue weighted by atomic mass is 10.1. The van der Waals surface area contributed by atoms with Gasteiger partial charge >= 0.3 is 0 Å². The van der Waals surface area contributed by atoms with Crippen LogP contribution in [-0.2, 0) is 12.8 Å². The number of aromatic nitrogens is 2. The third-order valence-electron chi connectivity index (χ3n) is 5.64. The number of unbranched alkanes of at least 4 members (excludes halogenated alkanes) is 6. The molecule has 182 valence electrons. The van der Waals surface area contributed by atoms with E-state index in [0.717, 1.165) is 56.0 Å². The van der Waals surface area contributed by atoms with Crippen molar-refractivity contribution in [3.63, 3.8) is 0 Å². The highest BCUT2D eigenvalue weighted by Crippen LogP contribution is 2.26. The maximum absolute atomic E-state index is 5.20. The zero-order valence-electron chi connectivity index (χ0n) is 20.2. The fourth-order valence-electron chi connectivity index (χ4n) is 3.77. The van der Waals surface area contributed by atoms with Gasteiger partial charge in [-0.3, -0.25) is 0 Å². The van der Waals surface area contributed by atoms with Crippen LogP contribution in [0.4, 0.5) is 0 Å². The van der Waals surface area contributed by atoms with E-state index in [1.165, 1.54) is 48.3 Å². The Morgan fingerprint density at radius 2 is 1.06 bits per heavy atom. The summed E-state index contributed by atoms with van der Waals surface area (Å²) in [6.07, 6.45) is 20.5. The third kappa shape index (κ3) is 9.18. The van der Waals surface area contributed by atoms with Gasteiger partial charge in [-0.2, -0.15) is 0 Å². The van der Waals surface area contributed by atoms with Crippen LogP contribution in [0.2, 0.25) is 0 Å². The van der Waals surface area contributed by atoms with Gasteiger partial charge < -0.3 is 0 Å². The predicted molar refractivity (Wildman–Crippen MR) is 160 cm³/mol. The van der Waals surface area contributed by atoms with E-state index < -0.39 is 0 Å². The van der Waals surface area contributed by atoms with Crippen molar-refractivity contribution in [1.29, 1.82) is 0 Å². The number of thiophene rings is 2. The number of hydrogen-bond donors (Lipinski definition) is 0. The molecular weight excluding hydrogens is 588 g/mol. The lowest BCUT2D eigenvalue weighted by Crippen LogP contribution is -2.06. The first-order chi connectivity index (χ1) is 16.6. The Labute approximate surface area is 229 Å². The number of hydrogen-bond acceptors (Lipinski definition) is 4. The zero-order valence-corrected chi connectivity index (χ0v) is 25.0. The van der Waals surface area contributed by atoms with Crippen molar-refractivity contribution >= 4 is 78.8 Å². The normalized spacial score (nSPS) is 11.9. The second-order valence-electron chi connectivity index (χ2n) is 8.46. The van der Waals surface area contributed by atoms with Crippen LogP contribution < -0.4 is 0 Å². The van der Waals surface area contributed by atoms with Gasteiger partial charge in [-0.1, -0.05) is 52.4 Å². The molecule has 0 aliphatic rings. The molecule has 3 aromatic rings. The Hall–Kier alpha value is -1.08. The van der Waals surface area contributed by atoms with Crippen molar-refractivity contribution < 1.29 is 0 Å². The minimum Gasteiger partial charge on any atom is -0.249 e. The van der Waals surface area contributed by atoms with Crippen LogP contribution in [0.1, 0.15) is 97.7 Å². The molecule has 0 aliphatic carbocycles. The molecule has 0 atom stereocenters. The second kappa shape index (κ2) is 15.1. The summed E-state index contributed by atoms with van der Waals surface area (Å²) in [5.74, 6) is 0. The molecule has 0 amide bonds. The van der Waals surface area contributed by atoms with Crippen molar-refractivity contribution in [3.8, 4) is 0 Å². The van der Waals surface area contributed by atoms with E-state index in [-0.39, 0.29) is 0 Å². The zero-order chi connectivity index (χ0) is 24.2. The SMILES string of the molecule is CCCCCCc1nc(/C=C/c2ccc(Br)s2)c(CCCCCC)nc1/C=C/c1ccc(Br)s1. The maximum atomic E-state index is 5.20. The average molecular weight is 623 g/mol. The summed E-state index contributed by atoms with van der Waals surface area (Å²) in [6, 6.07) is 8.47. The quantitative estimate of drug-likeness (QED) is 0.167. The van der Waals surface area contributed by atoms with Gasteiger partial charge in [0, 0.05) is 9.75 Å². The topological polar surface area (TPSA) is 25.8 Å². The minimum atomic E-state index is 0.975. The van der Waals surface area contributed by atoms with Gasteiger partial charge in [0.05, 0.1) is 30.3 Å². The predicted octanol–water partition coefficient (Wildman–Crippen LogP) is 10.7. The van der Waals surface area contributed by atoms with Gasteiger partial charge in [0.1, 0.15) is 0 Å². The van der Waals surface area contributed by atoms with E-state index in [9.17, 15) is 0 Å². The first-order valence-electron chi connectivity index (χ1n) is 12.4. The standard InChI is InChI=1S/C28H34Br2N2S2/c1-3-5-7-9-11-23-25(17-13-21-15-19-27(29)33-21)32-24(12-10-8-6-4-2)26(31-23)18-14-22-16-20-28(30)34-22/h13-20H,3-12H2,1-2H3/b17-13+,18-14+. The third-order valence-corrected chi connectivity index (χ3v) is 8.81. The largest absolute Gasteiger partial charge is 0.249 e. The first-order valence-corrected chi connectivity index (χ1v) is 15.6. The van der Waals surface area contributed by atoms with Crippen molar-refractivity contribution in [3.05, 3.63) is 64.4 Å². The van der Waals surface area contributed by atoms with Gasteiger partial charge in [0.2, 0.25) is 0 Å². The van der Waals surface area contributed by atoms with E-state index in [4.69, 9.17) is 9.97 Å². The average Bonchev–Trinajstić information content (AvgIpc) is 3.45. The van der Waals surface area contributed by atoms with Crippen LogP contribution in [0.15, 0.2) is 31.8 Å². The second-order valence-corrected chi connectivity index (χ2v) is 13.4. The van der Waals surface area contributed by atoms with Crippen LogP contribution in [0.25, 0.3) is 24.3 Å². The Kier molecular flexibility index (Phi) is 12.2. The molecule has 2 nitrogen and oxygen atoms in total. The molecule has 0 saturated heterocycles. The fraction of sp³-hybridized carbons (Fsp3) is 0.429.